The van der Waals surface area contributed by atoms with Gasteiger partial charge in [0.1, 0.15) is 11.5 Å². The minimum Gasteiger partial charge on any atom is -0.497 e. The van der Waals surface area contributed by atoms with Crippen molar-refractivity contribution in [3.63, 3.8) is 0 Å². The summed E-state index contributed by atoms with van der Waals surface area (Å²) in [4.78, 5) is 26.8. The quantitative estimate of drug-likeness (QED) is 0.776. The van der Waals surface area contributed by atoms with Crippen molar-refractivity contribution in [2.45, 2.75) is 38.3 Å². The van der Waals surface area contributed by atoms with Crippen LogP contribution in [-0.2, 0) is 9.59 Å². The fourth-order valence-corrected chi connectivity index (χ4v) is 3.96. The number of benzene rings is 2. The second kappa shape index (κ2) is 9.45. The van der Waals surface area contributed by atoms with Crippen LogP contribution in [0, 0.1) is 0 Å². The maximum absolute atomic E-state index is 13.2. The minimum absolute atomic E-state index is 0.0213. The summed E-state index contributed by atoms with van der Waals surface area (Å²) in [5.41, 5.74) is 1.91. The van der Waals surface area contributed by atoms with Crippen LogP contribution in [0.1, 0.15) is 49.4 Å². The highest BCUT2D eigenvalue weighted by Crippen LogP contribution is 2.39. The largest absolute Gasteiger partial charge is 0.497 e. The van der Waals surface area contributed by atoms with Gasteiger partial charge in [0.2, 0.25) is 11.8 Å². The third-order valence-corrected chi connectivity index (χ3v) is 5.33. The van der Waals surface area contributed by atoms with Gasteiger partial charge in [-0.3, -0.25) is 9.59 Å². The van der Waals surface area contributed by atoms with Crippen LogP contribution < -0.4 is 14.8 Å². The summed E-state index contributed by atoms with van der Waals surface area (Å²) in [5.74, 6) is 1.31. The van der Waals surface area contributed by atoms with Gasteiger partial charge in [-0.25, -0.2) is 0 Å². The van der Waals surface area contributed by atoms with E-state index in [4.69, 9.17) is 9.47 Å². The number of ether oxygens (including phenoxy) is 2. The van der Waals surface area contributed by atoms with E-state index in [0.29, 0.717) is 6.54 Å². The van der Waals surface area contributed by atoms with Crippen molar-refractivity contribution >= 4 is 11.8 Å². The van der Waals surface area contributed by atoms with Gasteiger partial charge in [-0.05, 0) is 30.5 Å². The number of amides is 2. The molecule has 2 atom stereocenters. The van der Waals surface area contributed by atoms with Crippen LogP contribution in [0.3, 0.4) is 0 Å². The van der Waals surface area contributed by atoms with Gasteiger partial charge in [-0.2, -0.15) is 0 Å². The van der Waals surface area contributed by atoms with E-state index in [0.717, 1.165) is 35.5 Å². The fourth-order valence-electron chi connectivity index (χ4n) is 3.96. The van der Waals surface area contributed by atoms with Gasteiger partial charge in [0.15, 0.2) is 0 Å². The summed E-state index contributed by atoms with van der Waals surface area (Å²) >= 11 is 0. The first-order chi connectivity index (χ1) is 14.0. The molecule has 2 unspecified atom stereocenters. The molecule has 1 heterocycles. The van der Waals surface area contributed by atoms with E-state index >= 15 is 0 Å². The number of carbonyl (C=O) groups excluding carboxylic acids is 2. The van der Waals surface area contributed by atoms with Gasteiger partial charge in [0.25, 0.3) is 0 Å². The number of hydrogen-bond acceptors (Lipinski definition) is 4. The number of nitrogens with one attached hydrogen (secondary N) is 1. The smallest absolute Gasteiger partial charge is 0.225 e. The van der Waals surface area contributed by atoms with Crippen LogP contribution in [0.15, 0.2) is 48.5 Å². The summed E-state index contributed by atoms with van der Waals surface area (Å²) in [7, 11) is 3.24. The molecule has 2 amide bonds. The molecular weight excluding hydrogens is 368 g/mol. The molecule has 1 aliphatic rings. The Balaban J connectivity index is 1.81. The maximum atomic E-state index is 13.2. The molecule has 1 fully saturated rings. The topological polar surface area (TPSA) is 67.9 Å². The van der Waals surface area contributed by atoms with E-state index in [1.54, 1.807) is 14.2 Å². The molecule has 2 aromatic carbocycles. The van der Waals surface area contributed by atoms with Gasteiger partial charge in [0.05, 0.1) is 32.7 Å². The molecule has 1 N–H and O–H groups in total. The molecule has 154 valence electrons. The Morgan fingerprint density at radius 1 is 1.14 bits per heavy atom. The van der Waals surface area contributed by atoms with E-state index in [1.807, 2.05) is 53.4 Å². The second-order valence-electron chi connectivity index (χ2n) is 7.22. The van der Waals surface area contributed by atoms with Crippen LogP contribution in [0.2, 0.25) is 0 Å². The number of carbonyl (C=O) groups is 2. The second-order valence-corrected chi connectivity index (χ2v) is 7.22. The van der Waals surface area contributed by atoms with Gasteiger partial charge < -0.3 is 19.7 Å². The monoisotopic (exact) mass is 396 g/mol. The van der Waals surface area contributed by atoms with E-state index in [2.05, 4.69) is 5.32 Å². The van der Waals surface area contributed by atoms with Gasteiger partial charge in [-0.1, -0.05) is 30.3 Å². The average Bonchev–Trinajstić information content (AvgIpc) is 3.22. The summed E-state index contributed by atoms with van der Waals surface area (Å²) < 4.78 is 10.8. The van der Waals surface area contributed by atoms with Gasteiger partial charge >= 0.3 is 0 Å². The lowest BCUT2D eigenvalue weighted by atomic mass is 10.0. The van der Waals surface area contributed by atoms with E-state index in [-0.39, 0.29) is 30.3 Å². The lowest BCUT2D eigenvalue weighted by molar-refractivity contribution is -0.133. The predicted molar refractivity (Wildman–Crippen MR) is 111 cm³/mol. The highest BCUT2D eigenvalue weighted by molar-refractivity contribution is 5.80. The Kier molecular flexibility index (Phi) is 6.75. The Morgan fingerprint density at radius 3 is 2.55 bits per heavy atom. The van der Waals surface area contributed by atoms with Crippen molar-refractivity contribution in [2.24, 2.45) is 0 Å². The van der Waals surface area contributed by atoms with Crippen LogP contribution in [0.5, 0.6) is 11.5 Å². The standard InChI is InChI=1S/C23H28N2O4/c1-16(26)24-20(17-8-5-4-6-9-17)15-23(27)25-13-7-10-21(25)19-12-11-18(28-2)14-22(19)29-3/h4-6,8-9,11-12,14,20-21H,7,10,13,15H2,1-3H3,(H,24,26). The first-order valence-corrected chi connectivity index (χ1v) is 9.87. The normalized spacial score (nSPS) is 16.9. The molecule has 0 saturated carbocycles. The lowest BCUT2D eigenvalue weighted by Crippen LogP contribution is -2.35. The highest BCUT2D eigenvalue weighted by atomic mass is 16.5. The molecule has 6 heteroatoms. The molecule has 0 aromatic heterocycles. The van der Waals surface area contributed by atoms with Crippen molar-refractivity contribution in [3.8, 4) is 11.5 Å². The first kappa shape index (κ1) is 20.7. The van der Waals surface area contributed by atoms with Crippen LogP contribution in [0.25, 0.3) is 0 Å². The van der Waals surface area contributed by atoms with Crippen molar-refractivity contribution in [1.82, 2.24) is 10.2 Å². The molecule has 2 aromatic rings. The lowest BCUT2D eigenvalue weighted by Gasteiger charge is -2.28. The van der Waals surface area contributed by atoms with Crippen molar-refractivity contribution in [2.75, 3.05) is 20.8 Å². The zero-order valence-corrected chi connectivity index (χ0v) is 17.2. The molecule has 0 aliphatic carbocycles. The Labute approximate surface area is 171 Å². The molecule has 1 saturated heterocycles. The number of nitrogens with zero attached hydrogens (tertiary/aromatic N) is 1. The molecule has 1 aliphatic heterocycles. The Bertz CT molecular complexity index is 853. The summed E-state index contributed by atoms with van der Waals surface area (Å²) in [6.07, 6.45) is 2.03. The summed E-state index contributed by atoms with van der Waals surface area (Å²) in [5, 5.41) is 2.92. The minimum atomic E-state index is -0.347. The molecule has 0 radical (unpaired) electrons. The van der Waals surface area contributed by atoms with Crippen molar-refractivity contribution < 1.29 is 19.1 Å². The SMILES string of the molecule is COc1ccc(C2CCCN2C(=O)CC(NC(C)=O)c2ccccc2)c(OC)c1. The molecular formula is C23H28N2O4. The number of hydrogen-bond donors (Lipinski definition) is 1. The number of rotatable bonds is 7. The van der Waals surface area contributed by atoms with Crippen LogP contribution >= 0.6 is 0 Å². The zero-order valence-electron chi connectivity index (χ0n) is 17.2. The van der Waals surface area contributed by atoms with E-state index in [9.17, 15) is 9.59 Å². The third kappa shape index (κ3) is 4.88. The highest BCUT2D eigenvalue weighted by Gasteiger charge is 2.33. The first-order valence-electron chi connectivity index (χ1n) is 9.87. The van der Waals surface area contributed by atoms with E-state index < -0.39 is 0 Å². The third-order valence-electron chi connectivity index (χ3n) is 5.33. The molecule has 6 nitrogen and oxygen atoms in total. The number of likely N-dealkylation sites (tertiary alicyclic amines) is 1. The molecule has 3 rings (SSSR count). The van der Waals surface area contributed by atoms with Crippen LogP contribution in [-0.4, -0.2) is 37.5 Å². The van der Waals surface area contributed by atoms with Gasteiger partial charge in [-0.15, -0.1) is 0 Å². The molecule has 0 spiro atoms. The van der Waals surface area contributed by atoms with E-state index in [1.165, 1.54) is 6.92 Å². The summed E-state index contributed by atoms with van der Waals surface area (Å²) in [6.45, 7) is 2.17. The Hall–Kier alpha value is -3.02. The zero-order chi connectivity index (χ0) is 20.8. The summed E-state index contributed by atoms with van der Waals surface area (Å²) in [6, 6.07) is 14.9. The van der Waals surface area contributed by atoms with Crippen molar-refractivity contribution in [1.29, 1.82) is 0 Å². The average molecular weight is 396 g/mol. The van der Waals surface area contributed by atoms with Gasteiger partial charge in [0, 0.05) is 25.1 Å². The van der Waals surface area contributed by atoms with Crippen molar-refractivity contribution in [3.05, 3.63) is 59.7 Å². The number of methoxy groups -OCH3 is 2. The molecule has 29 heavy (non-hydrogen) atoms. The predicted octanol–water partition coefficient (Wildman–Crippen LogP) is 3.63. The maximum Gasteiger partial charge on any atom is 0.225 e. The Morgan fingerprint density at radius 2 is 1.90 bits per heavy atom. The van der Waals surface area contributed by atoms with Crippen LogP contribution in [0.4, 0.5) is 0 Å². The molecule has 0 bridgehead atoms. The fraction of sp³-hybridized carbons (Fsp3) is 0.391.